The first-order valence-corrected chi connectivity index (χ1v) is 6.78. The maximum atomic E-state index is 11.8. The third kappa shape index (κ3) is 2.16. The Kier molecular flexibility index (Phi) is 2.88. The van der Waals surface area contributed by atoms with E-state index in [2.05, 4.69) is 10.6 Å². The average molecular weight is 288 g/mol. The predicted octanol–water partition coefficient (Wildman–Crippen LogP) is 1.82. The van der Waals surface area contributed by atoms with E-state index in [-0.39, 0.29) is 10.7 Å². The van der Waals surface area contributed by atoms with E-state index in [9.17, 15) is 9.59 Å². The number of benzene rings is 1. The summed E-state index contributed by atoms with van der Waals surface area (Å²) < 4.78 is 1.11. The summed E-state index contributed by atoms with van der Waals surface area (Å²) >= 11 is 6.32. The summed E-state index contributed by atoms with van der Waals surface area (Å²) in [5, 5.41) is 7.82. The number of carbonyl (C=O) groups is 2. The maximum absolute atomic E-state index is 11.8. The maximum Gasteiger partial charge on any atom is 0.263 e. The molecule has 2 aromatic rings. The van der Waals surface area contributed by atoms with Crippen LogP contribution in [0.5, 0.6) is 0 Å². The molecule has 19 heavy (non-hydrogen) atoms. The standard InChI is InChI=1S/C13H8N2O2S2/c16-11-9(12(17)15-13(18)14-11)5-7-6-19-10-4-2-1-3-8(7)10/h1-6H,(H2,14,15,16,17,18). The van der Waals surface area contributed by atoms with Crippen LogP contribution < -0.4 is 10.6 Å². The normalized spacial score (nSPS) is 15.4. The van der Waals surface area contributed by atoms with E-state index in [1.165, 1.54) is 0 Å². The highest BCUT2D eigenvalue weighted by Gasteiger charge is 2.25. The number of thiophene rings is 1. The van der Waals surface area contributed by atoms with Gasteiger partial charge in [0.05, 0.1) is 0 Å². The molecule has 0 unspecified atom stereocenters. The Bertz CT molecular complexity index is 724. The van der Waals surface area contributed by atoms with E-state index in [0.717, 1.165) is 15.6 Å². The first-order chi connectivity index (χ1) is 9.15. The lowest BCUT2D eigenvalue weighted by molar-refractivity contribution is -0.123. The second-order valence-corrected chi connectivity index (χ2v) is 5.30. The molecule has 2 heterocycles. The zero-order valence-corrected chi connectivity index (χ0v) is 11.2. The molecule has 6 heteroatoms. The number of hydrogen-bond acceptors (Lipinski definition) is 4. The second-order valence-electron chi connectivity index (χ2n) is 3.98. The molecule has 0 bridgehead atoms. The fraction of sp³-hybridized carbons (Fsp3) is 0. The van der Waals surface area contributed by atoms with Crippen LogP contribution in [0.3, 0.4) is 0 Å². The Morgan fingerprint density at radius 3 is 2.53 bits per heavy atom. The number of thiocarbonyl (C=S) groups is 1. The fourth-order valence-electron chi connectivity index (χ4n) is 1.87. The SMILES string of the molecule is O=C1NC(=S)NC(=O)C1=Cc1csc2ccccc12. The number of rotatable bonds is 1. The van der Waals surface area contributed by atoms with Crippen LogP contribution in [0.4, 0.5) is 0 Å². The van der Waals surface area contributed by atoms with E-state index in [4.69, 9.17) is 12.2 Å². The summed E-state index contributed by atoms with van der Waals surface area (Å²) in [6.45, 7) is 0. The molecule has 1 fully saturated rings. The molecule has 1 aliphatic rings. The summed E-state index contributed by atoms with van der Waals surface area (Å²) in [5.41, 5.74) is 0.922. The molecule has 2 N–H and O–H groups in total. The fourth-order valence-corrected chi connectivity index (χ4v) is 2.98. The van der Waals surface area contributed by atoms with Gasteiger partial charge in [0, 0.05) is 4.70 Å². The van der Waals surface area contributed by atoms with Crippen molar-refractivity contribution in [1.29, 1.82) is 0 Å². The van der Waals surface area contributed by atoms with Crippen molar-refractivity contribution >= 4 is 56.6 Å². The van der Waals surface area contributed by atoms with E-state index in [0.29, 0.717) is 0 Å². The third-order valence-corrected chi connectivity index (χ3v) is 3.94. The van der Waals surface area contributed by atoms with Gasteiger partial charge in [0.2, 0.25) is 0 Å². The van der Waals surface area contributed by atoms with Crippen LogP contribution in [0.15, 0.2) is 35.2 Å². The first-order valence-electron chi connectivity index (χ1n) is 5.50. The van der Waals surface area contributed by atoms with E-state index >= 15 is 0 Å². The van der Waals surface area contributed by atoms with Gasteiger partial charge in [0.15, 0.2) is 5.11 Å². The highest BCUT2D eigenvalue weighted by molar-refractivity contribution is 7.80. The van der Waals surface area contributed by atoms with Gasteiger partial charge in [-0.2, -0.15) is 0 Å². The molecule has 1 aromatic heterocycles. The number of amides is 2. The van der Waals surface area contributed by atoms with Crippen molar-refractivity contribution in [2.75, 3.05) is 0 Å². The van der Waals surface area contributed by atoms with E-state index in [1.807, 2.05) is 29.6 Å². The van der Waals surface area contributed by atoms with Crippen LogP contribution in [0, 0.1) is 0 Å². The minimum absolute atomic E-state index is 0.0438. The van der Waals surface area contributed by atoms with Crippen molar-refractivity contribution in [3.05, 3.63) is 40.8 Å². The van der Waals surface area contributed by atoms with Gasteiger partial charge in [-0.15, -0.1) is 11.3 Å². The van der Waals surface area contributed by atoms with Crippen molar-refractivity contribution < 1.29 is 9.59 Å². The van der Waals surface area contributed by atoms with Crippen molar-refractivity contribution in [3.8, 4) is 0 Å². The Morgan fingerprint density at radius 1 is 1.11 bits per heavy atom. The molecule has 1 aliphatic heterocycles. The summed E-state index contributed by atoms with van der Waals surface area (Å²) in [5.74, 6) is -0.937. The smallest absolute Gasteiger partial charge is 0.263 e. The Morgan fingerprint density at radius 2 is 1.79 bits per heavy atom. The Labute approximate surface area is 118 Å². The molecule has 0 radical (unpaired) electrons. The van der Waals surface area contributed by atoms with Crippen LogP contribution in [0.1, 0.15) is 5.56 Å². The number of hydrogen-bond donors (Lipinski definition) is 2. The van der Waals surface area contributed by atoms with E-state index < -0.39 is 11.8 Å². The third-order valence-electron chi connectivity index (χ3n) is 2.75. The van der Waals surface area contributed by atoms with E-state index in [1.54, 1.807) is 17.4 Å². The highest BCUT2D eigenvalue weighted by atomic mass is 32.1. The van der Waals surface area contributed by atoms with Gasteiger partial charge in [-0.3, -0.25) is 20.2 Å². The number of carbonyl (C=O) groups excluding carboxylic acids is 2. The van der Waals surface area contributed by atoms with Crippen molar-refractivity contribution in [1.82, 2.24) is 10.6 Å². The molecule has 1 aromatic carbocycles. The lowest BCUT2D eigenvalue weighted by Gasteiger charge is -2.16. The molecule has 0 spiro atoms. The molecule has 1 saturated heterocycles. The number of fused-ring (bicyclic) bond motifs is 1. The Balaban J connectivity index is 2.08. The molecule has 0 atom stereocenters. The quantitative estimate of drug-likeness (QED) is 0.478. The minimum atomic E-state index is -0.468. The summed E-state index contributed by atoms with van der Waals surface area (Å²) in [4.78, 5) is 23.5. The lowest BCUT2D eigenvalue weighted by Crippen LogP contribution is -2.51. The first kappa shape index (κ1) is 12.0. The lowest BCUT2D eigenvalue weighted by atomic mass is 10.1. The van der Waals surface area contributed by atoms with Gasteiger partial charge in [-0.05, 0) is 40.7 Å². The van der Waals surface area contributed by atoms with Crippen molar-refractivity contribution in [2.45, 2.75) is 0 Å². The molecular weight excluding hydrogens is 280 g/mol. The van der Waals surface area contributed by atoms with Crippen LogP contribution in [-0.2, 0) is 9.59 Å². The minimum Gasteiger partial charge on any atom is -0.299 e. The summed E-state index contributed by atoms with van der Waals surface area (Å²) in [6.07, 6.45) is 1.59. The monoisotopic (exact) mass is 288 g/mol. The molecule has 94 valence electrons. The van der Waals surface area contributed by atoms with Crippen molar-refractivity contribution in [2.24, 2.45) is 0 Å². The highest BCUT2D eigenvalue weighted by Crippen LogP contribution is 2.27. The molecule has 0 saturated carbocycles. The zero-order valence-electron chi connectivity index (χ0n) is 9.60. The molecule has 3 rings (SSSR count). The predicted molar refractivity (Wildman–Crippen MR) is 78.7 cm³/mol. The van der Waals surface area contributed by atoms with Crippen LogP contribution >= 0.6 is 23.6 Å². The van der Waals surface area contributed by atoms with Gasteiger partial charge < -0.3 is 0 Å². The summed E-state index contributed by atoms with van der Waals surface area (Å²) in [7, 11) is 0. The zero-order chi connectivity index (χ0) is 13.4. The van der Waals surface area contributed by atoms with Crippen molar-refractivity contribution in [3.63, 3.8) is 0 Å². The van der Waals surface area contributed by atoms with Crippen LogP contribution in [0.2, 0.25) is 0 Å². The van der Waals surface area contributed by atoms with Gasteiger partial charge >= 0.3 is 0 Å². The van der Waals surface area contributed by atoms with Gasteiger partial charge in [0.1, 0.15) is 5.57 Å². The molecular formula is C13H8N2O2S2. The molecule has 4 nitrogen and oxygen atoms in total. The molecule has 0 aliphatic carbocycles. The van der Waals surface area contributed by atoms with Gasteiger partial charge in [-0.25, -0.2) is 0 Å². The largest absolute Gasteiger partial charge is 0.299 e. The summed E-state index contributed by atoms with van der Waals surface area (Å²) in [6, 6.07) is 7.83. The number of nitrogens with one attached hydrogen (secondary N) is 2. The van der Waals surface area contributed by atoms with Crippen LogP contribution in [-0.4, -0.2) is 16.9 Å². The Hall–Kier alpha value is -2.05. The molecule has 2 amide bonds. The second kappa shape index (κ2) is 4.56. The van der Waals surface area contributed by atoms with Gasteiger partial charge in [0.25, 0.3) is 11.8 Å². The average Bonchev–Trinajstić information content (AvgIpc) is 2.77. The van der Waals surface area contributed by atoms with Crippen LogP contribution in [0.25, 0.3) is 16.2 Å². The topological polar surface area (TPSA) is 58.2 Å². The van der Waals surface area contributed by atoms with Gasteiger partial charge in [-0.1, -0.05) is 18.2 Å².